The average Bonchev–Trinajstić information content (AvgIpc) is 2.74. The number of nitrogens with one attached hydrogen (secondary N) is 2. The second-order valence-corrected chi connectivity index (χ2v) is 6.64. The zero-order valence-electron chi connectivity index (χ0n) is 16.0. The lowest BCUT2D eigenvalue weighted by molar-refractivity contribution is -0.384. The first-order chi connectivity index (χ1) is 13.9. The van der Waals surface area contributed by atoms with Crippen molar-refractivity contribution < 1.29 is 19.2 Å². The molecule has 9 nitrogen and oxygen atoms in total. The van der Waals surface area contributed by atoms with Crippen LogP contribution in [0.5, 0.6) is 0 Å². The van der Waals surface area contributed by atoms with Gasteiger partial charge in [-0.05, 0) is 36.8 Å². The molecule has 2 aromatic carbocycles. The van der Waals surface area contributed by atoms with Crippen LogP contribution in [-0.2, 0) is 9.53 Å². The highest BCUT2D eigenvalue weighted by molar-refractivity contribution is 5.99. The van der Waals surface area contributed by atoms with Gasteiger partial charge >= 0.3 is 0 Å². The van der Waals surface area contributed by atoms with Crippen molar-refractivity contribution in [2.45, 2.75) is 6.92 Å². The zero-order chi connectivity index (χ0) is 20.8. The van der Waals surface area contributed by atoms with Crippen LogP contribution >= 0.6 is 0 Å². The minimum Gasteiger partial charge on any atom is -0.378 e. The molecular formula is C20H22N4O5. The van der Waals surface area contributed by atoms with Crippen LogP contribution in [0.4, 0.5) is 17.1 Å². The van der Waals surface area contributed by atoms with Crippen molar-refractivity contribution >= 4 is 28.9 Å². The molecule has 0 saturated carbocycles. The van der Waals surface area contributed by atoms with Crippen LogP contribution in [0.25, 0.3) is 0 Å². The predicted molar refractivity (Wildman–Crippen MR) is 108 cm³/mol. The summed E-state index contributed by atoms with van der Waals surface area (Å²) in [6.07, 6.45) is 0. The van der Waals surface area contributed by atoms with E-state index in [1.54, 1.807) is 0 Å². The predicted octanol–water partition coefficient (Wildman–Crippen LogP) is 2.11. The second-order valence-electron chi connectivity index (χ2n) is 6.64. The number of amides is 2. The number of benzene rings is 2. The second kappa shape index (κ2) is 9.16. The minimum absolute atomic E-state index is 0.123. The van der Waals surface area contributed by atoms with Crippen LogP contribution in [-0.4, -0.2) is 49.6 Å². The summed E-state index contributed by atoms with van der Waals surface area (Å²) < 4.78 is 5.36. The number of hydrogen-bond donors (Lipinski definition) is 2. The lowest BCUT2D eigenvalue weighted by atomic mass is 10.1. The third-order valence-corrected chi connectivity index (χ3v) is 4.59. The molecule has 1 aliphatic rings. The lowest BCUT2D eigenvalue weighted by Crippen LogP contribution is -2.36. The van der Waals surface area contributed by atoms with E-state index in [1.807, 2.05) is 25.1 Å². The van der Waals surface area contributed by atoms with Crippen LogP contribution in [0.1, 0.15) is 15.9 Å². The van der Waals surface area contributed by atoms with Crippen molar-refractivity contribution in [3.8, 4) is 0 Å². The molecule has 0 spiro atoms. The van der Waals surface area contributed by atoms with Gasteiger partial charge in [-0.25, -0.2) is 0 Å². The summed E-state index contributed by atoms with van der Waals surface area (Å²) in [6.45, 7) is 4.71. The molecule has 0 aliphatic carbocycles. The van der Waals surface area contributed by atoms with E-state index in [4.69, 9.17) is 4.74 Å². The highest BCUT2D eigenvalue weighted by Gasteiger charge is 2.15. The largest absolute Gasteiger partial charge is 0.378 e. The van der Waals surface area contributed by atoms with E-state index in [-0.39, 0.29) is 23.7 Å². The Balaban J connectivity index is 1.56. The summed E-state index contributed by atoms with van der Waals surface area (Å²) in [7, 11) is 0. The Morgan fingerprint density at radius 2 is 1.93 bits per heavy atom. The van der Waals surface area contributed by atoms with Crippen molar-refractivity contribution in [3.63, 3.8) is 0 Å². The SMILES string of the molecule is Cc1cc(N2CCOCC2)ccc1NC(=O)CNC(=O)c1cccc([N+](=O)[O-])c1. The summed E-state index contributed by atoms with van der Waals surface area (Å²) in [5, 5.41) is 16.0. The van der Waals surface area contributed by atoms with Crippen LogP contribution in [0.15, 0.2) is 42.5 Å². The van der Waals surface area contributed by atoms with Crippen LogP contribution < -0.4 is 15.5 Å². The first-order valence-electron chi connectivity index (χ1n) is 9.20. The highest BCUT2D eigenvalue weighted by Crippen LogP contribution is 2.23. The molecule has 0 aromatic heterocycles. The van der Waals surface area contributed by atoms with Gasteiger partial charge in [0.1, 0.15) is 0 Å². The van der Waals surface area contributed by atoms with Gasteiger partial charge in [-0.2, -0.15) is 0 Å². The van der Waals surface area contributed by atoms with Crippen molar-refractivity contribution in [2.75, 3.05) is 43.1 Å². The molecule has 3 rings (SSSR count). The van der Waals surface area contributed by atoms with Gasteiger partial charge in [-0.1, -0.05) is 6.07 Å². The Kier molecular flexibility index (Phi) is 6.40. The topological polar surface area (TPSA) is 114 Å². The Hall–Kier alpha value is -3.46. The Morgan fingerprint density at radius 1 is 1.17 bits per heavy atom. The quantitative estimate of drug-likeness (QED) is 0.569. The Morgan fingerprint density at radius 3 is 2.62 bits per heavy atom. The number of nitrogens with zero attached hydrogens (tertiary/aromatic N) is 2. The fourth-order valence-corrected chi connectivity index (χ4v) is 3.02. The van der Waals surface area contributed by atoms with Gasteiger partial charge in [0.25, 0.3) is 11.6 Å². The molecule has 0 bridgehead atoms. The van der Waals surface area contributed by atoms with Gasteiger partial charge < -0.3 is 20.3 Å². The summed E-state index contributed by atoms with van der Waals surface area (Å²) in [4.78, 5) is 36.8. The first kappa shape index (κ1) is 20.3. The number of nitro groups is 1. The maximum Gasteiger partial charge on any atom is 0.270 e. The molecule has 0 unspecified atom stereocenters. The fraction of sp³-hybridized carbons (Fsp3) is 0.300. The summed E-state index contributed by atoms with van der Waals surface area (Å²) >= 11 is 0. The van der Waals surface area contributed by atoms with Gasteiger partial charge in [-0.15, -0.1) is 0 Å². The van der Waals surface area contributed by atoms with Crippen molar-refractivity contribution in [2.24, 2.45) is 0 Å². The van der Waals surface area contributed by atoms with Crippen LogP contribution in [0.3, 0.4) is 0 Å². The van der Waals surface area contributed by atoms with Crippen molar-refractivity contribution in [1.82, 2.24) is 5.32 Å². The lowest BCUT2D eigenvalue weighted by Gasteiger charge is -2.29. The highest BCUT2D eigenvalue weighted by atomic mass is 16.6. The molecule has 0 atom stereocenters. The number of hydrogen-bond acceptors (Lipinski definition) is 6. The minimum atomic E-state index is -0.577. The number of anilines is 2. The van der Waals surface area contributed by atoms with Crippen LogP contribution in [0.2, 0.25) is 0 Å². The molecule has 2 N–H and O–H groups in total. The summed E-state index contributed by atoms with van der Waals surface area (Å²) in [6, 6.07) is 11.1. The van der Waals surface area contributed by atoms with Gasteiger partial charge in [0.15, 0.2) is 0 Å². The maximum atomic E-state index is 12.2. The van der Waals surface area contributed by atoms with E-state index in [0.717, 1.165) is 24.3 Å². The molecule has 9 heteroatoms. The molecular weight excluding hydrogens is 376 g/mol. The van der Waals surface area contributed by atoms with Crippen molar-refractivity contribution in [3.05, 3.63) is 63.7 Å². The molecule has 2 aromatic rings. The van der Waals surface area contributed by atoms with Gasteiger partial charge in [0, 0.05) is 42.2 Å². The number of carbonyl (C=O) groups is 2. The van der Waals surface area contributed by atoms with E-state index >= 15 is 0 Å². The maximum absolute atomic E-state index is 12.2. The fourth-order valence-electron chi connectivity index (χ4n) is 3.02. The molecule has 152 valence electrons. The van der Waals surface area contributed by atoms with E-state index in [9.17, 15) is 19.7 Å². The van der Waals surface area contributed by atoms with E-state index in [1.165, 1.54) is 24.3 Å². The Labute approximate surface area is 167 Å². The van der Waals surface area contributed by atoms with E-state index in [2.05, 4.69) is 15.5 Å². The van der Waals surface area contributed by atoms with Crippen molar-refractivity contribution in [1.29, 1.82) is 0 Å². The number of ether oxygens (including phenoxy) is 1. The normalized spacial score (nSPS) is 13.6. The summed E-state index contributed by atoms with van der Waals surface area (Å²) in [5.41, 5.74) is 2.59. The molecule has 0 radical (unpaired) electrons. The monoisotopic (exact) mass is 398 g/mol. The van der Waals surface area contributed by atoms with Gasteiger partial charge in [0.2, 0.25) is 5.91 Å². The third kappa shape index (κ3) is 5.29. The van der Waals surface area contributed by atoms with Crippen LogP contribution in [0, 0.1) is 17.0 Å². The number of carbonyl (C=O) groups excluding carboxylic acids is 2. The molecule has 29 heavy (non-hydrogen) atoms. The van der Waals surface area contributed by atoms with Gasteiger partial charge in [0.05, 0.1) is 24.7 Å². The Bertz CT molecular complexity index is 925. The molecule has 1 fully saturated rings. The smallest absolute Gasteiger partial charge is 0.270 e. The third-order valence-electron chi connectivity index (χ3n) is 4.59. The average molecular weight is 398 g/mol. The summed E-state index contributed by atoms with van der Waals surface area (Å²) in [5.74, 6) is -0.936. The molecule has 1 heterocycles. The number of nitro benzene ring substituents is 1. The molecule has 2 amide bonds. The molecule has 1 saturated heterocycles. The molecule has 1 aliphatic heterocycles. The van der Waals surface area contributed by atoms with E-state index in [0.29, 0.717) is 18.9 Å². The van der Waals surface area contributed by atoms with E-state index < -0.39 is 10.8 Å². The number of aryl methyl sites for hydroxylation is 1. The first-order valence-corrected chi connectivity index (χ1v) is 9.20. The van der Waals surface area contributed by atoms with Gasteiger partial charge in [-0.3, -0.25) is 19.7 Å². The number of morpholine rings is 1. The zero-order valence-corrected chi connectivity index (χ0v) is 16.0. The number of rotatable bonds is 6. The standard InChI is InChI=1S/C20H22N4O5/c1-14-11-16(23-7-9-29-10-8-23)5-6-18(14)22-19(25)13-21-20(26)15-3-2-4-17(12-15)24(27)28/h2-6,11-12H,7-10,13H2,1H3,(H,21,26)(H,22,25). The number of non-ortho nitro benzene ring substituents is 1.